The van der Waals surface area contributed by atoms with Gasteiger partial charge >= 0.3 is 6.18 Å². The summed E-state index contributed by atoms with van der Waals surface area (Å²) < 4.78 is 37.6. The van der Waals surface area contributed by atoms with E-state index in [0.29, 0.717) is 31.7 Å². The first kappa shape index (κ1) is 22.1. The van der Waals surface area contributed by atoms with Crippen LogP contribution in [0.25, 0.3) is 0 Å². The van der Waals surface area contributed by atoms with Gasteiger partial charge in [-0.3, -0.25) is 4.90 Å². The lowest BCUT2D eigenvalue weighted by molar-refractivity contribution is -0.138. The Morgan fingerprint density at radius 1 is 1.04 bits per heavy atom. The van der Waals surface area contributed by atoms with E-state index in [9.17, 15) is 23.4 Å². The van der Waals surface area contributed by atoms with Gasteiger partial charge in [-0.05, 0) is 24.1 Å². The maximum Gasteiger partial charge on any atom is 0.389 e. The molecule has 2 rings (SSSR count). The summed E-state index contributed by atoms with van der Waals surface area (Å²) in [6.45, 7) is 2.71. The summed E-state index contributed by atoms with van der Waals surface area (Å²) in [6, 6.07) is 3.54. The van der Waals surface area contributed by atoms with Crippen LogP contribution >= 0.6 is 24.8 Å². The molecule has 1 heterocycles. The number of phenolic OH excluding ortho intramolecular Hbond substituents is 2. The van der Waals surface area contributed by atoms with Gasteiger partial charge in [-0.1, -0.05) is 0 Å². The van der Waals surface area contributed by atoms with E-state index in [4.69, 9.17) is 0 Å². The van der Waals surface area contributed by atoms with Gasteiger partial charge in [0.25, 0.3) is 0 Å². The van der Waals surface area contributed by atoms with Crippen LogP contribution in [0.3, 0.4) is 0 Å². The van der Waals surface area contributed by atoms with Crippen LogP contribution in [0, 0.1) is 0 Å². The van der Waals surface area contributed by atoms with Crippen molar-refractivity contribution in [3.8, 4) is 11.5 Å². The van der Waals surface area contributed by atoms with Crippen molar-refractivity contribution in [3.63, 3.8) is 0 Å². The Hall–Kier alpha value is -0.890. The normalized spacial score (nSPS) is 17.0. The Morgan fingerprint density at radius 3 is 2.04 bits per heavy atom. The van der Waals surface area contributed by atoms with Crippen molar-refractivity contribution in [2.24, 2.45) is 0 Å². The molecule has 1 fully saturated rings. The summed E-state index contributed by atoms with van der Waals surface area (Å²) in [6.07, 6.45) is -5.20. The third-order valence-corrected chi connectivity index (χ3v) is 3.60. The molecule has 0 saturated carbocycles. The van der Waals surface area contributed by atoms with E-state index in [1.807, 2.05) is 4.90 Å². The Morgan fingerprint density at radius 2 is 1.57 bits per heavy atom. The molecule has 23 heavy (non-hydrogen) atoms. The maximum absolute atomic E-state index is 12.5. The zero-order chi connectivity index (χ0) is 15.5. The van der Waals surface area contributed by atoms with Gasteiger partial charge in [-0.15, -0.1) is 24.8 Å². The predicted octanol–water partition coefficient (Wildman–Crippen LogP) is 3.23. The van der Waals surface area contributed by atoms with Crippen molar-refractivity contribution in [2.45, 2.75) is 25.1 Å². The zero-order valence-electron chi connectivity index (χ0n) is 12.3. The minimum Gasteiger partial charge on any atom is -0.508 e. The zero-order valence-corrected chi connectivity index (χ0v) is 14.0. The number of aromatic hydroxyl groups is 2. The van der Waals surface area contributed by atoms with Gasteiger partial charge in [0.05, 0.1) is 0 Å². The number of rotatable bonds is 4. The lowest BCUT2D eigenvalue weighted by Gasteiger charge is -2.35. The molecule has 9 heteroatoms. The average molecular weight is 377 g/mol. The molecule has 3 N–H and O–H groups in total. The third-order valence-electron chi connectivity index (χ3n) is 3.60. The molecular weight excluding hydrogens is 356 g/mol. The van der Waals surface area contributed by atoms with Crippen LogP contribution in [-0.4, -0.2) is 47.5 Å². The molecule has 4 nitrogen and oxygen atoms in total. The van der Waals surface area contributed by atoms with Gasteiger partial charge in [0.2, 0.25) is 0 Å². The van der Waals surface area contributed by atoms with E-state index in [1.165, 1.54) is 18.2 Å². The molecule has 0 unspecified atom stereocenters. The van der Waals surface area contributed by atoms with Gasteiger partial charge in [-0.25, -0.2) is 0 Å². The fourth-order valence-electron chi connectivity index (χ4n) is 2.66. The first-order valence-electron chi connectivity index (χ1n) is 6.89. The second kappa shape index (κ2) is 9.42. The second-order valence-electron chi connectivity index (χ2n) is 5.24. The average Bonchev–Trinajstić information content (AvgIpc) is 2.37. The summed E-state index contributed by atoms with van der Waals surface area (Å²) in [5, 5.41) is 22.3. The number of alkyl halides is 3. The fourth-order valence-corrected chi connectivity index (χ4v) is 2.66. The van der Waals surface area contributed by atoms with Crippen LogP contribution in [0.2, 0.25) is 0 Å². The minimum atomic E-state index is -4.22. The summed E-state index contributed by atoms with van der Waals surface area (Å²) in [5.74, 6) is -0.283. The second-order valence-corrected chi connectivity index (χ2v) is 5.24. The highest BCUT2D eigenvalue weighted by Crippen LogP contribution is 2.34. The maximum atomic E-state index is 12.5. The number of nitrogens with zero attached hydrogens (tertiary/aromatic N) is 1. The van der Waals surface area contributed by atoms with Crippen molar-refractivity contribution < 1.29 is 23.4 Å². The van der Waals surface area contributed by atoms with Crippen molar-refractivity contribution in [1.29, 1.82) is 0 Å². The lowest BCUT2D eigenvalue weighted by Crippen LogP contribution is -2.45. The Kier molecular flexibility index (Phi) is 9.05. The van der Waals surface area contributed by atoms with Gasteiger partial charge in [-0.2, -0.15) is 13.2 Å². The molecule has 0 bridgehead atoms. The molecule has 0 aliphatic carbocycles. The highest BCUT2D eigenvalue weighted by atomic mass is 35.5. The summed E-state index contributed by atoms with van der Waals surface area (Å²) in [4.78, 5) is 1.95. The van der Waals surface area contributed by atoms with Crippen LogP contribution < -0.4 is 5.32 Å². The summed E-state index contributed by atoms with van der Waals surface area (Å²) in [5.41, 5.74) is 0.513. The molecule has 1 aromatic rings. The topological polar surface area (TPSA) is 55.7 Å². The van der Waals surface area contributed by atoms with Crippen LogP contribution in [0.1, 0.15) is 24.4 Å². The molecule has 0 amide bonds. The number of halogens is 5. The minimum absolute atomic E-state index is 0. The molecule has 134 valence electrons. The number of hydrogen-bond acceptors (Lipinski definition) is 4. The van der Waals surface area contributed by atoms with E-state index in [-0.39, 0.29) is 42.7 Å². The standard InChI is InChI=1S/C14H19F3N2O2.2ClH/c15-14(16,17)2-1-13(19-5-3-18-4-6-19)10-7-11(20)9-12(21)8-10;;/h7-9,13,18,20-21H,1-6H2;2*1H/t13-;;/m0../s1. The molecule has 1 aromatic carbocycles. The number of benzene rings is 1. The van der Waals surface area contributed by atoms with E-state index in [0.717, 1.165) is 0 Å². The molecule has 0 spiro atoms. The number of nitrogens with one attached hydrogen (secondary N) is 1. The Balaban J connectivity index is 0.00000242. The van der Waals surface area contributed by atoms with Crippen molar-refractivity contribution in [3.05, 3.63) is 23.8 Å². The highest BCUT2D eigenvalue weighted by Gasteiger charge is 2.31. The summed E-state index contributed by atoms with van der Waals surface area (Å²) in [7, 11) is 0. The fraction of sp³-hybridized carbons (Fsp3) is 0.571. The molecule has 1 aliphatic heterocycles. The highest BCUT2D eigenvalue weighted by molar-refractivity contribution is 5.85. The first-order valence-corrected chi connectivity index (χ1v) is 6.89. The first-order chi connectivity index (χ1) is 9.85. The number of phenols is 2. The molecular formula is C14H21Cl2F3N2O2. The van der Waals surface area contributed by atoms with Crippen molar-refractivity contribution >= 4 is 24.8 Å². The summed E-state index contributed by atoms with van der Waals surface area (Å²) >= 11 is 0. The predicted molar refractivity (Wildman–Crippen MR) is 86.7 cm³/mol. The Bertz CT molecular complexity index is 463. The van der Waals surface area contributed by atoms with Gasteiger partial charge < -0.3 is 15.5 Å². The third kappa shape index (κ3) is 7.03. The molecule has 1 aliphatic rings. The van der Waals surface area contributed by atoms with Crippen molar-refractivity contribution in [1.82, 2.24) is 10.2 Å². The number of hydrogen-bond donors (Lipinski definition) is 3. The lowest BCUT2D eigenvalue weighted by atomic mass is 9.98. The van der Waals surface area contributed by atoms with E-state index in [2.05, 4.69) is 5.32 Å². The molecule has 1 atom stereocenters. The van der Waals surface area contributed by atoms with Crippen LogP contribution in [0.5, 0.6) is 11.5 Å². The van der Waals surface area contributed by atoms with E-state index >= 15 is 0 Å². The molecule has 1 saturated heterocycles. The SMILES string of the molecule is Cl.Cl.Oc1cc(O)cc([C@H](CCC(F)(F)F)N2CCNCC2)c1. The largest absolute Gasteiger partial charge is 0.508 e. The Labute approximate surface area is 145 Å². The van der Waals surface area contributed by atoms with Crippen LogP contribution in [-0.2, 0) is 0 Å². The van der Waals surface area contributed by atoms with Gasteiger partial charge in [0.1, 0.15) is 11.5 Å². The molecule has 0 aromatic heterocycles. The van der Waals surface area contributed by atoms with E-state index < -0.39 is 18.6 Å². The smallest absolute Gasteiger partial charge is 0.389 e. The van der Waals surface area contributed by atoms with Crippen LogP contribution in [0.4, 0.5) is 13.2 Å². The van der Waals surface area contributed by atoms with Crippen molar-refractivity contribution in [2.75, 3.05) is 26.2 Å². The quantitative estimate of drug-likeness (QED) is 0.754. The van der Waals surface area contributed by atoms with Gasteiger partial charge in [0.15, 0.2) is 0 Å². The molecule has 0 radical (unpaired) electrons. The monoisotopic (exact) mass is 376 g/mol. The van der Waals surface area contributed by atoms with E-state index in [1.54, 1.807) is 0 Å². The van der Waals surface area contributed by atoms with Crippen LogP contribution in [0.15, 0.2) is 18.2 Å². The van der Waals surface area contributed by atoms with Gasteiger partial charge in [0, 0.05) is 44.7 Å². The number of piperazine rings is 1.